The Morgan fingerprint density at radius 3 is 2.38 bits per heavy atom. The Hall–Kier alpha value is -1.51. The monoisotopic (exact) mass is 289 g/mol. The van der Waals surface area contributed by atoms with Crippen LogP contribution in [0.25, 0.3) is 0 Å². The van der Waals surface area contributed by atoms with E-state index in [0.717, 1.165) is 31.7 Å². The van der Waals surface area contributed by atoms with Gasteiger partial charge in [0.2, 0.25) is 0 Å². The zero-order valence-corrected chi connectivity index (χ0v) is 13.5. The minimum Gasteiger partial charge on any atom is -0.481 e. The first-order chi connectivity index (χ1) is 10.1. The lowest BCUT2D eigenvalue weighted by Crippen LogP contribution is -2.42. The minimum atomic E-state index is -0.356. The highest BCUT2D eigenvalue weighted by Gasteiger charge is 2.25. The van der Waals surface area contributed by atoms with Crippen LogP contribution in [0, 0.1) is 13.8 Å². The van der Waals surface area contributed by atoms with Crippen molar-refractivity contribution < 1.29 is 9.53 Å². The van der Waals surface area contributed by atoms with E-state index in [4.69, 9.17) is 4.74 Å². The van der Waals surface area contributed by atoms with Gasteiger partial charge in [-0.15, -0.1) is 0 Å². The van der Waals surface area contributed by atoms with E-state index in [0.29, 0.717) is 6.42 Å². The van der Waals surface area contributed by atoms with Crippen LogP contribution in [0.3, 0.4) is 0 Å². The first kappa shape index (κ1) is 15.9. The number of hydrogen-bond donors (Lipinski definition) is 0. The second-order valence-electron chi connectivity index (χ2n) is 6.00. The molecule has 1 amide bonds. The number of benzene rings is 1. The van der Waals surface area contributed by atoms with E-state index in [1.54, 1.807) is 0 Å². The van der Waals surface area contributed by atoms with Crippen molar-refractivity contribution in [3.8, 4) is 5.75 Å². The molecule has 0 aromatic heterocycles. The largest absolute Gasteiger partial charge is 0.481 e. The van der Waals surface area contributed by atoms with Crippen LogP contribution >= 0.6 is 0 Å². The normalized spacial score (nSPS) is 17.2. The fourth-order valence-electron chi connectivity index (χ4n) is 2.75. The van der Waals surface area contributed by atoms with E-state index in [1.165, 1.54) is 24.0 Å². The van der Waals surface area contributed by atoms with E-state index in [-0.39, 0.29) is 12.0 Å². The van der Waals surface area contributed by atoms with E-state index >= 15 is 0 Å². The maximum Gasteiger partial charge on any atom is 0.263 e. The zero-order valence-electron chi connectivity index (χ0n) is 13.5. The Bertz CT molecular complexity index is 476. The van der Waals surface area contributed by atoms with Crippen molar-refractivity contribution in [1.82, 2.24) is 4.90 Å². The summed E-state index contributed by atoms with van der Waals surface area (Å²) >= 11 is 0. The number of carbonyl (C=O) groups excluding carboxylic acids is 1. The summed E-state index contributed by atoms with van der Waals surface area (Å²) in [7, 11) is 0. The van der Waals surface area contributed by atoms with E-state index in [2.05, 4.69) is 13.8 Å². The number of hydrogen-bond acceptors (Lipinski definition) is 2. The molecule has 116 valence electrons. The van der Waals surface area contributed by atoms with Crippen LogP contribution < -0.4 is 4.74 Å². The third-order valence-corrected chi connectivity index (χ3v) is 4.32. The van der Waals surface area contributed by atoms with Crippen LogP contribution in [0.15, 0.2) is 18.2 Å². The molecule has 0 radical (unpaired) electrons. The van der Waals surface area contributed by atoms with Crippen molar-refractivity contribution in [2.24, 2.45) is 0 Å². The second kappa shape index (κ2) is 7.48. The van der Waals surface area contributed by atoms with Gasteiger partial charge in [0.15, 0.2) is 6.10 Å². The summed E-state index contributed by atoms with van der Waals surface area (Å²) in [4.78, 5) is 14.6. The molecule has 1 aliphatic rings. The number of rotatable bonds is 4. The molecule has 0 aliphatic carbocycles. The third-order valence-electron chi connectivity index (χ3n) is 4.32. The Kier molecular flexibility index (Phi) is 5.66. The smallest absolute Gasteiger partial charge is 0.263 e. The number of nitrogens with zero attached hydrogens (tertiary/aromatic N) is 1. The lowest BCUT2D eigenvalue weighted by molar-refractivity contribution is -0.138. The molecule has 1 aliphatic heterocycles. The lowest BCUT2D eigenvalue weighted by atomic mass is 10.1. The Morgan fingerprint density at radius 1 is 1.14 bits per heavy atom. The van der Waals surface area contributed by atoms with Gasteiger partial charge in [0, 0.05) is 13.1 Å². The van der Waals surface area contributed by atoms with Crippen molar-refractivity contribution in [3.05, 3.63) is 29.3 Å². The molecule has 1 aromatic rings. The highest BCUT2D eigenvalue weighted by molar-refractivity contribution is 5.81. The summed E-state index contributed by atoms with van der Waals surface area (Å²) in [5.41, 5.74) is 2.44. The fraction of sp³-hybridized carbons (Fsp3) is 0.611. The second-order valence-corrected chi connectivity index (χ2v) is 6.00. The molecule has 3 nitrogen and oxygen atoms in total. The number of carbonyl (C=O) groups is 1. The molecule has 0 N–H and O–H groups in total. The van der Waals surface area contributed by atoms with Crippen molar-refractivity contribution >= 4 is 5.91 Å². The minimum absolute atomic E-state index is 0.151. The summed E-state index contributed by atoms with van der Waals surface area (Å²) < 4.78 is 5.96. The van der Waals surface area contributed by atoms with Crippen LogP contribution in [0.2, 0.25) is 0 Å². The van der Waals surface area contributed by atoms with Gasteiger partial charge < -0.3 is 9.64 Å². The van der Waals surface area contributed by atoms with E-state index in [1.807, 2.05) is 30.0 Å². The summed E-state index contributed by atoms with van der Waals surface area (Å²) in [6, 6.07) is 6.03. The highest BCUT2D eigenvalue weighted by Crippen LogP contribution is 2.20. The molecule has 3 heteroatoms. The Labute approximate surface area is 128 Å². The SMILES string of the molecule is CC[C@H](Oc1ccc(C)c(C)c1)C(=O)N1CCCCCC1. The summed E-state index contributed by atoms with van der Waals surface area (Å²) in [6.07, 6.45) is 5.06. The maximum atomic E-state index is 12.6. The molecule has 1 saturated heterocycles. The average molecular weight is 289 g/mol. The molecule has 2 rings (SSSR count). The molecular formula is C18H27NO2. The van der Waals surface area contributed by atoms with Gasteiger partial charge >= 0.3 is 0 Å². The summed E-state index contributed by atoms with van der Waals surface area (Å²) in [5.74, 6) is 0.950. The average Bonchev–Trinajstić information content (AvgIpc) is 2.77. The van der Waals surface area contributed by atoms with E-state index in [9.17, 15) is 4.79 Å². The number of likely N-dealkylation sites (tertiary alicyclic amines) is 1. The van der Waals surface area contributed by atoms with Gasteiger partial charge in [-0.1, -0.05) is 25.8 Å². The molecule has 21 heavy (non-hydrogen) atoms. The molecule has 1 aromatic carbocycles. The summed E-state index contributed by atoms with van der Waals surface area (Å²) in [5, 5.41) is 0. The van der Waals surface area contributed by atoms with Crippen LogP contribution in [-0.2, 0) is 4.79 Å². The topological polar surface area (TPSA) is 29.5 Å². The molecule has 0 unspecified atom stereocenters. The number of amides is 1. The van der Waals surface area contributed by atoms with Crippen LogP contribution in [0.4, 0.5) is 0 Å². The Morgan fingerprint density at radius 2 is 1.81 bits per heavy atom. The molecule has 1 fully saturated rings. The quantitative estimate of drug-likeness (QED) is 0.842. The molecule has 0 saturated carbocycles. The van der Waals surface area contributed by atoms with Crippen LogP contribution in [0.5, 0.6) is 5.75 Å². The van der Waals surface area contributed by atoms with Crippen LogP contribution in [0.1, 0.15) is 50.2 Å². The molecule has 1 atom stereocenters. The van der Waals surface area contributed by atoms with Crippen molar-refractivity contribution in [3.63, 3.8) is 0 Å². The van der Waals surface area contributed by atoms with Gasteiger partial charge in [0.25, 0.3) is 5.91 Å². The first-order valence-electron chi connectivity index (χ1n) is 8.14. The summed E-state index contributed by atoms with van der Waals surface area (Å²) in [6.45, 7) is 7.93. The predicted octanol–water partition coefficient (Wildman–Crippen LogP) is 3.86. The van der Waals surface area contributed by atoms with Gasteiger partial charge in [-0.3, -0.25) is 4.79 Å². The third kappa shape index (κ3) is 4.23. The van der Waals surface area contributed by atoms with Gasteiger partial charge in [-0.2, -0.15) is 0 Å². The number of ether oxygens (including phenoxy) is 1. The fourth-order valence-corrected chi connectivity index (χ4v) is 2.75. The van der Waals surface area contributed by atoms with Crippen LogP contribution in [-0.4, -0.2) is 30.0 Å². The highest BCUT2D eigenvalue weighted by atomic mass is 16.5. The Balaban J connectivity index is 2.04. The molecule has 1 heterocycles. The lowest BCUT2D eigenvalue weighted by Gasteiger charge is -2.26. The number of aryl methyl sites for hydroxylation is 2. The van der Waals surface area contributed by atoms with E-state index < -0.39 is 0 Å². The van der Waals surface area contributed by atoms with Crippen molar-refractivity contribution in [1.29, 1.82) is 0 Å². The van der Waals surface area contributed by atoms with Gasteiger partial charge in [-0.05, 0) is 56.4 Å². The molecular weight excluding hydrogens is 262 g/mol. The standard InChI is InChI=1S/C18H27NO2/c1-4-17(18(20)19-11-7-5-6-8-12-19)21-16-10-9-14(2)15(3)13-16/h9-10,13,17H,4-8,11-12H2,1-3H3/t17-/m0/s1. The molecule has 0 spiro atoms. The molecule has 0 bridgehead atoms. The van der Waals surface area contributed by atoms with Gasteiger partial charge in [-0.25, -0.2) is 0 Å². The van der Waals surface area contributed by atoms with Gasteiger partial charge in [0.05, 0.1) is 0 Å². The van der Waals surface area contributed by atoms with Crippen molar-refractivity contribution in [2.75, 3.05) is 13.1 Å². The van der Waals surface area contributed by atoms with Crippen molar-refractivity contribution in [2.45, 2.75) is 59.0 Å². The maximum absolute atomic E-state index is 12.6. The predicted molar refractivity (Wildman–Crippen MR) is 85.7 cm³/mol. The van der Waals surface area contributed by atoms with Gasteiger partial charge in [0.1, 0.15) is 5.75 Å². The first-order valence-corrected chi connectivity index (χ1v) is 8.14. The zero-order chi connectivity index (χ0) is 15.2.